The highest BCUT2D eigenvalue weighted by atomic mass is 32.2. The van der Waals surface area contributed by atoms with Crippen molar-refractivity contribution in [3.63, 3.8) is 0 Å². The maximum absolute atomic E-state index is 12.5. The number of carbonyl (C=O) groups is 1. The van der Waals surface area contributed by atoms with Crippen LogP contribution in [0.2, 0.25) is 0 Å². The lowest BCUT2D eigenvalue weighted by Crippen LogP contribution is -2.36. The molecule has 1 aliphatic rings. The van der Waals surface area contributed by atoms with E-state index < -0.39 is 15.9 Å². The predicted octanol–water partition coefficient (Wildman–Crippen LogP) is 3.02. The van der Waals surface area contributed by atoms with Crippen molar-refractivity contribution in [3.05, 3.63) is 48.4 Å². The molecular weight excluding hydrogens is 386 g/mol. The fourth-order valence-corrected chi connectivity index (χ4v) is 4.48. The highest BCUT2D eigenvalue weighted by Gasteiger charge is 2.21. The number of amides is 1. The molecule has 2 aromatic rings. The summed E-state index contributed by atoms with van der Waals surface area (Å²) in [6.07, 6.45) is 6.42. The van der Waals surface area contributed by atoms with E-state index in [0.717, 1.165) is 32.1 Å². The molecule has 3 rings (SSSR count). The van der Waals surface area contributed by atoms with Crippen molar-refractivity contribution in [1.29, 1.82) is 0 Å². The normalized spacial score (nSPS) is 15.3. The number of furan rings is 1. The SMILES string of the molecule is O=C(NC(=S)Nc1ccc(S(=O)(=O)NC2CCCCC2)cc1)c1ccco1. The molecule has 1 fully saturated rings. The molecule has 0 aliphatic heterocycles. The van der Waals surface area contributed by atoms with Crippen LogP contribution in [0, 0.1) is 0 Å². The summed E-state index contributed by atoms with van der Waals surface area (Å²) in [7, 11) is -3.55. The maximum Gasteiger partial charge on any atom is 0.293 e. The first kappa shape index (κ1) is 19.5. The van der Waals surface area contributed by atoms with Gasteiger partial charge >= 0.3 is 0 Å². The van der Waals surface area contributed by atoms with Gasteiger partial charge in [0.25, 0.3) is 5.91 Å². The van der Waals surface area contributed by atoms with Gasteiger partial charge in [0.2, 0.25) is 10.0 Å². The molecule has 144 valence electrons. The number of nitrogens with one attached hydrogen (secondary N) is 3. The van der Waals surface area contributed by atoms with Crippen molar-refractivity contribution in [2.75, 3.05) is 5.32 Å². The molecule has 3 N–H and O–H groups in total. The van der Waals surface area contributed by atoms with Crippen molar-refractivity contribution >= 4 is 38.9 Å². The van der Waals surface area contributed by atoms with Gasteiger partial charge in [-0.1, -0.05) is 19.3 Å². The van der Waals surface area contributed by atoms with Gasteiger partial charge in [0.05, 0.1) is 11.2 Å². The van der Waals surface area contributed by atoms with Gasteiger partial charge in [-0.3, -0.25) is 10.1 Å². The lowest BCUT2D eigenvalue weighted by Gasteiger charge is -2.22. The monoisotopic (exact) mass is 407 g/mol. The molecule has 0 radical (unpaired) electrons. The van der Waals surface area contributed by atoms with Crippen LogP contribution in [-0.4, -0.2) is 25.5 Å². The Kier molecular flexibility index (Phi) is 6.25. The largest absolute Gasteiger partial charge is 0.459 e. The van der Waals surface area contributed by atoms with Crippen molar-refractivity contribution in [2.24, 2.45) is 0 Å². The van der Waals surface area contributed by atoms with Gasteiger partial charge in [-0.05, 0) is 61.5 Å². The molecule has 1 saturated carbocycles. The molecule has 1 aliphatic carbocycles. The topological polar surface area (TPSA) is 100 Å². The van der Waals surface area contributed by atoms with Crippen LogP contribution in [0.3, 0.4) is 0 Å². The Balaban J connectivity index is 1.57. The Morgan fingerprint density at radius 2 is 1.78 bits per heavy atom. The highest BCUT2D eigenvalue weighted by molar-refractivity contribution is 7.89. The predicted molar refractivity (Wildman–Crippen MR) is 106 cm³/mol. The first-order valence-electron chi connectivity index (χ1n) is 8.72. The quantitative estimate of drug-likeness (QED) is 0.659. The summed E-state index contributed by atoms with van der Waals surface area (Å²) >= 11 is 5.09. The van der Waals surface area contributed by atoms with E-state index in [-0.39, 0.29) is 21.8 Å². The van der Waals surface area contributed by atoms with Crippen molar-refractivity contribution < 1.29 is 17.6 Å². The van der Waals surface area contributed by atoms with Crippen LogP contribution in [-0.2, 0) is 10.0 Å². The molecule has 1 aromatic heterocycles. The third-order valence-electron chi connectivity index (χ3n) is 4.32. The summed E-state index contributed by atoms with van der Waals surface area (Å²) in [5, 5.41) is 5.41. The molecule has 9 heteroatoms. The minimum absolute atomic E-state index is 0.00550. The molecular formula is C18H21N3O4S2. The standard InChI is InChI=1S/C18H21N3O4S2/c22-17(16-7-4-12-25-16)20-18(26)19-13-8-10-15(11-9-13)27(23,24)21-14-5-2-1-3-6-14/h4,7-12,14,21H,1-3,5-6H2,(H2,19,20,22,26). The molecule has 1 heterocycles. The third-order valence-corrected chi connectivity index (χ3v) is 6.06. The molecule has 1 aromatic carbocycles. The zero-order chi connectivity index (χ0) is 19.3. The van der Waals surface area contributed by atoms with Crippen LogP contribution in [0.1, 0.15) is 42.7 Å². The summed E-state index contributed by atoms with van der Waals surface area (Å²) in [4.78, 5) is 12.1. The molecule has 1 amide bonds. The average molecular weight is 408 g/mol. The van der Waals surface area contributed by atoms with Gasteiger partial charge in [-0.15, -0.1) is 0 Å². The number of hydrogen-bond acceptors (Lipinski definition) is 5. The van der Waals surface area contributed by atoms with Crippen LogP contribution in [0.25, 0.3) is 0 Å². The van der Waals surface area contributed by atoms with Gasteiger partial charge in [-0.2, -0.15) is 0 Å². The lowest BCUT2D eigenvalue weighted by molar-refractivity contribution is 0.0950. The van der Waals surface area contributed by atoms with E-state index in [0.29, 0.717) is 5.69 Å². The number of rotatable bonds is 5. The van der Waals surface area contributed by atoms with E-state index >= 15 is 0 Å². The second kappa shape index (κ2) is 8.64. The summed E-state index contributed by atoms with van der Waals surface area (Å²) in [5.74, 6) is -0.317. The van der Waals surface area contributed by atoms with Gasteiger partial charge in [-0.25, -0.2) is 13.1 Å². The van der Waals surface area contributed by atoms with Crippen LogP contribution in [0.5, 0.6) is 0 Å². The van der Waals surface area contributed by atoms with Crippen LogP contribution in [0.4, 0.5) is 5.69 Å². The Morgan fingerprint density at radius 3 is 2.41 bits per heavy atom. The van der Waals surface area contributed by atoms with Gasteiger partial charge in [0.15, 0.2) is 10.9 Å². The number of carbonyl (C=O) groups excluding carboxylic acids is 1. The molecule has 0 bridgehead atoms. The average Bonchev–Trinajstić information content (AvgIpc) is 3.17. The van der Waals surface area contributed by atoms with E-state index in [2.05, 4.69) is 15.4 Å². The van der Waals surface area contributed by atoms with E-state index in [1.165, 1.54) is 24.5 Å². The molecule has 0 spiro atoms. The fraction of sp³-hybridized carbons (Fsp3) is 0.333. The zero-order valence-electron chi connectivity index (χ0n) is 14.6. The van der Waals surface area contributed by atoms with E-state index in [9.17, 15) is 13.2 Å². The first-order chi connectivity index (χ1) is 12.9. The summed E-state index contributed by atoms with van der Waals surface area (Å²) < 4.78 is 32.7. The Bertz CT molecular complexity index is 887. The maximum atomic E-state index is 12.5. The fourth-order valence-electron chi connectivity index (χ4n) is 2.96. The summed E-state index contributed by atoms with van der Waals surface area (Å²) in [6, 6.07) is 9.34. The molecule has 0 saturated heterocycles. The zero-order valence-corrected chi connectivity index (χ0v) is 16.2. The van der Waals surface area contributed by atoms with Crippen LogP contribution >= 0.6 is 12.2 Å². The van der Waals surface area contributed by atoms with Gasteiger partial charge < -0.3 is 9.73 Å². The first-order valence-corrected chi connectivity index (χ1v) is 10.6. The summed E-state index contributed by atoms with van der Waals surface area (Å²) in [5.41, 5.74) is 0.566. The Morgan fingerprint density at radius 1 is 1.07 bits per heavy atom. The van der Waals surface area contributed by atoms with Crippen molar-refractivity contribution in [2.45, 2.75) is 43.0 Å². The highest BCUT2D eigenvalue weighted by Crippen LogP contribution is 2.20. The van der Waals surface area contributed by atoms with Gasteiger partial charge in [0, 0.05) is 11.7 Å². The second-order valence-electron chi connectivity index (χ2n) is 6.37. The number of hydrogen-bond donors (Lipinski definition) is 3. The number of sulfonamides is 1. The van der Waals surface area contributed by atoms with E-state index in [1.807, 2.05) is 0 Å². The lowest BCUT2D eigenvalue weighted by atomic mass is 9.96. The van der Waals surface area contributed by atoms with Crippen LogP contribution < -0.4 is 15.4 Å². The minimum atomic E-state index is -3.55. The number of anilines is 1. The molecule has 0 unspecified atom stereocenters. The smallest absolute Gasteiger partial charge is 0.293 e. The van der Waals surface area contributed by atoms with Gasteiger partial charge in [0.1, 0.15) is 0 Å². The van der Waals surface area contributed by atoms with E-state index in [1.54, 1.807) is 18.2 Å². The van der Waals surface area contributed by atoms with Crippen molar-refractivity contribution in [1.82, 2.24) is 10.0 Å². The molecule has 7 nitrogen and oxygen atoms in total. The Labute approximate surface area is 163 Å². The number of thiocarbonyl (C=S) groups is 1. The molecule has 0 atom stereocenters. The minimum Gasteiger partial charge on any atom is -0.459 e. The molecule has 27 heavy (non-hydrogen) atoms. The van der Waals surface area contributed by atoms with E-state index in [4.69, 9.17) is 16.6 Å². The summed E-state index contributed by atoms with van der Waals surface area (Å²) in [6.45, 7) is 0. The Hall–Kier alpha value is -2.23. The second-order valence-corrected chi connectivity index (χ2v) is 8.49. The third kappa shape index (κ3) is 5.38. The van der Waals surface area contributed by atoms with Crippen LogP contribution in [0.15, 0.2) is 52.0 Å². The number of benzene rings is 1. The van der Waals surface area contributed by atoms with Crippen molar-refractivity contribution in [3.8, 4) is 0 Å².